The van der Waals surface area contributed by atoms with Gasteiger partial charge in [0.2, 0.25) is 0 Å². The van der Waals surface area contributed by atoms with Crippen molar-refractivity contribution >= 4 is 17.6 Å². The summed E-state index contributed by atoms with van der Waals surface area (Å²) in [5.74, 6) is 1.39. The number of pyridine rings is 1. The number of anilines is 2. The number of aromatic nitrogens is 1. The van der Waals surface area contributed by atoms with Gasteiger partial charge in [-0.05, 0) is 36.3 Å². The molecule has 4 nitrogen and oxygen atoms in total. The highest BCUT2D eigenvalue weighted by molar-refractivity contribution is 5.66. The van der Waals surface area contributed by atoms with Gasteiger partial charge in [-0.3, -0.25) is 0 Å². The lowest BCUT2D eigenvalue weighted by Gasteiger charge is -2.27. The Morgan fingerprint density at radius 1 is 1.30 bits per heavy atom. The van der Waals surface area contributed by atoms with Crippen LogP contribution in [0.25, 0.3) is 6.08 Å². The first-order valence-corrected chi connectivity index (χ1v) is 7.65. The number of ether oxygens (including phenoxy) is 1. The van der Waals surface area contributed by atoms with Gasteiger partial charge in [0.1, 0.15) is 17.4 Å². The fourth-order valence-corrected chi connectivity index (χ4v) is 2.46. The van der Waals surface area contributed by atoms with Crippen LogP contribution in [0.15, 0.2) is 36.5 Å². The van der Waals surface area contributed by atoms with Crippen molar-refractivity contribution in [2.75, 3.05) is 17.2 Å². The van der Waals surface area contributed by atoms with E-state index in [1.807, 2.05) is 17.2 Å². The third-order valence-corrected chi connectivity index (χ3v) is 3.61. The van der Waals surface area contributed by atoms with Crippen molar-refractivity contribution in [2.45, 2.75) is 20.4 Å². The van der Waals surface area contributed by atoms with Crippen molar-refractivity contribution in [1.29, 1.82) is 0 Å². The van der Waals surface area contributed by atoms with Crippen LogP contribution in [0.3, 0.4) is 0 Å². The standard InChI is InChI=1S/C18H20FN3O/c1-12(2)11-23-17-9-18(20)21-16-7-8-22(10-15(16)17)14-5-3-13(19)4-6-14/h3-9,12H,10-11H2,1-2H3,(H2,20,21). The molecule has 5 heteroatoms. The molecule has 0 fully saturated rings. The molecule has 120 valence electrons. The van der Waals surface area contributed by atoms with E-state index in [9.17, 15) is 4.39 Å². The van der Waals surface area contributed by atoms with E-state index in [0.29, 0.717) is 24.9 Å². The van der Waals surface area contributed by atoms with Crippen LogP contribution in [0, 0.1) is 11.7 Å². The van der Waals surface area contributed by atoms with Crippen molar-refractivity contribution in [2.24, 2.45) is 5.92 Å². The summed E-state index contributed by atoms with van der Waals surface area (Å²) in [4.78, 5) is 6.40. The number of nitrogen functional groups attached to an aromatic ring is 1. The van der Waals surface area contributed by atoms with E-state index in [0.717, 1.165) is 22.7 Å². The van der Waals surface area contributed by atoms with Crippen LogP contribution in [-0.2, 0) is 6.54 Å². The summed E-state index contributed by atoms with van der Waals surface area (Å²) in [6.07, 6.45) is 3.83. The third-order valence-electron chi connectivity index (χ3n) is 3.61. The van der Waals surface area contributed by atoms with Crippen molar-refractivity contribution < 1.29 is 9.13 Å². The third kappa shape index (κ3) is 3.44. The van der Waals surface area contributed by atoms with Crippen molar-refractivity contribution in [3.05, 3.63) is 53.6 Å². The van der Waals surface area contributed by atoms with E-state index in [4.69, 9.17) is 10.5 Å². The van der Waals surface area contributed by atoms with E-state index in [-0.39, 0.29) is 5.82 Å². The molecule has 0 saturated heterocycles. The molecule has 0 amide bonds. The van der Waals surface area contributed by atoms with Crippen LogP contribution in [0.1, 0.15) is 25.1 Å². The number of benzene rings is 1. The summed E-state index contributed by atoms with van der Waals surface area (Å²) in [5.41, 5.74) is 8.60. The van der Waals surface area contributed by atoms with Crippen LogP contribution >= 0.6 is 0 Å². The van der Waals surface area contributed by atoms with E-state index in [1.165, 1.54) is 12.1 Å². The molecule has 2 heterocycles. The van der Waals surface area contributed by atoms with Gasteiger partial charge < -0.3 is 15.4 Å². The SMILES string of the molecule is CC(C)COc1cc(N)nc2c1CN(c1ccc(F)cc1)C=C2. The van der Waals surface area contributed by atoms with E-state index < -0.39 is 0 Å². The average Bonchev–Trinajstić information content (AvgIpc) is 2.53. The zero-order valence-electron chi connectivity index (χ0n) is 13.3. The fourth-order valence-electron chi connectivity index (χ4n) is 2.46. The second-order valence-corrected chi connectivity index (χ2v) is 6.03. The lowest BCUT2D eigenvalue weighted by molar-refractivity contribution is 0.268. The van der Waals surface area contributed by atoms with Gasteiger partial charge in [-0.1, -0.05) is 13.8 Å². The van der Waals surface area contributed by atoms with Gasteiger partial charge in [-0.25, -0.2) is 9.37 Å². The Morgan fingerprint density at radius 2 is 2.04 bits per heavy atom. The molecule has 2 N–H and O–H groups in total. The topological polar surface area (TPSA) is 51.4 Å². The van der Waals surface area contributed by atoms with Crippen molar-refractivity contribution in [3.8, 4) is 5.75 Å². The zero-order chi connectivity index (χ0) is 16.4. The van der Waals surface area contributed by atoms with Gasteiger partial charge >= 0.3 is 0 Å². The van der Waals surface area contributed by atoms with Gasteiger partial charge in [0.15, 0.2) is 0 Å². The zero-order valence-corrected chi connectivity index (χ0v) is 13.3. The summed E-state index contributed by atoms with van der Waals surface area (Å²) in [6, 6.07) is 8.18. The summed E-state index contributed by atoms with van der Waals surface area (Å²) >= 11 is 0. The highest BCUT2D eigenvalue weighted by atomic mass is 19.1. The molecule has 23 heavy (non-hydrogen) atoms. The molecule has 3 rings (SSSR count). The Morgan fingerprint density at radius 3 is 2.74 bits per heavy atom. The average molecular weight is 313 g/mol. The minimum atomic E-state index is -0.245. The maximum absolute atomic E-state index is 13.1. The van der Waals surface area contributed by atoms with Crippen LogP contribution in [-0.4, -0.2) is 11.6 Å². The second kappa shape index (κ2) is 6.28. The molecule has 2 aromatic rings. The lowest BCUT2D eigenvalue weighted by Crippen LogP contribution is -2.21. The monoisotopic (exact) mass is 313 g/mol. The van der Waals surface area contributed by atoms with Gasteiger partial charge in [-0.2, -0.15) is 0 Å². The van der Waals surface area contributed by atoms with Gasteiger partial charge in [0.05, 0.1) is 18.8 Å². The molecule has 1 aliphatic heterocycles. The first kappa shape index (κ1) is 15.3. The largest absolute Gasteiger partial charge is 0.493 e. The predicted octanol–water partition coefficient (Wildman–Crippen LogP) is 3.83. The maximum atomic E-state index is 13.1. The summed E-state index contributed by atoms with van der Waals surface area (Å²) in [6.45, 7) is 5.43. The number of nitrogens with zero attached hydrogens (tertiary/aromatic N) is 2. The molecule has 1 aromatic heterocycles. The normalized spacial score (nSPS) is 13.3. The van der Waals surface area contributed by atoms with Crippen LogP contribution in [0.4, 0.5) is 15.9 Å². The highest BCUT2D eigenvalue weighted by Gasteiger charge is 2.19. The molecule has 0 aliphatic carbocycles. The molecular weight excluding hydrogens is 293 g/mol. The Hall–Kier alpha value is -2.56. The molecular formula is C18H20FN3O. The lowest BCUT2D eigenvalue weighted by atomic mass is 10.1. The highest BCUT2D eigenvalue weighted by Crippen LogP contribution is 2.32. The second-order valence-electron chi connectivity index (χ2n) is 6.03. The Labute approximate surface area is 135 Å². The summed E-state index contributed by atoms with van der Waals surface area (Å²) in [7, 11) is 0. The quantitative estimate of drug-likeness (QED) is 0.932. The molecule has 0 spiro atoms. The van der Waals surface area contributed by atoms with Gasteiger partial charge in [0, 0.05) is 23.5 Å². The number of rotatable bonds is 4. The number of halogens is 1. The fraction of sp³-hybridized carbons (Fsp3) is 0.278. The van der Waals surface area contributed by atoms with Gasteiger partial charge in [0.25, 0.3) is 0 Å². The minimum absolute atomic E-state index is 0.245. The van der Waals surface area contributed by atoms with E-state index >= 15 is 0 Å². The minimum Gasteiger partial charge on any atom is -0.493 e. The van der Waals surface area contributed by atoms with E-state index in [2.05, 4.69) is 18.8 Å². The van der Waals surface area contributed by atoms with Crippen molar-refractivity contribution in [1.82, 2.24) is 4.98 Å². The molecule has 0 saturated carbocycles. The summed E-state index contributed by atoms with van der Waals surface area (Å²) < 4.78 is 19.0. The Kier molecular flexibility index (Phi) is 4.19. The first-order valence-electron chi connectivity index (χ1n) is 7.65. The van der Waals surface area contributed by atoms with Crippen LogP contribution in [0.2, 0.25) is 0 Å². The molecule has 0 radical (unpaired) electrons. The predicted molar refractivity (Wildman–Crippen MR) is 90.6 cm³/mol. The molecule has 0 atom stereocenters. The Bertz CT molecular complexity index is 726. The van der Waals surface area contributed by atoms with Gasteiger partial charge in [-0.15, -0.1) is 0 Å². The number of hydrogen-bond acceptors (Lipinski definition) is 4. The van der Waals surface area contributed by atoms with Crippen LogP contribution < -0.4 is 15.4 Å². The summed E-state index contributed by atoms with van der Waals surface area (Å²) in [5, 5.41) is 0. The smallest absolute Gasteiger partial charge is 0.130 e. The Balaban J connectivity index is 1.90. The van der Waals surface area contributed by atoms with Crippen molar-refractivity contribution in [3.63, 3.8) is 0 Å². The first-order chi connectivity index (χ1) is 11.0. The van der Waals surface area contributed by atoms with E-state index in [1.54, 1.807) is 18.2 Å². The van der Waals surface area contributed by atoms with Crippen LogP contribution in [0.5, 0.6) is 5.75 Å². The molecule has 0 unspecified atom stereocenters. The maximum Gasteiger partial charge on any atom is 0.130 e. The molecule has 1 aromatic carbocycles. The number of hydrogen-bond donors (Lipinski definition) is 1. The molecule has 0 bridgehead atoms. The number of fused-ring (bicyclic) bond motifs is 1. The molecule has 1 aliphatic rings. The number of nitrogens with two attached hydrogens (primary N) is 1.